The fourth-order valence-electron chi connectivity index (χ4n) is 0. The normalized spacial score (nSPS) is 12.4. The van der Waals surface area contributed by atoms with Crippen LogP contribution in [0.5, 0.6) is 0 Å². The standard InChI is InChI=1S/H5O2PSSi/c1-3(2,4)5/h5H3,(H2,1,2,4). The Morgan fingerprint density at radius 1 is 1.60 bits per heavy atom. The largest absolute Gasteiger partial charge is 0.350 e. The van der Waals surface area contributed by atoms with Crippen LogP contribution in [0.15, 0.2) is 0 Å². The molecule has 0 aliphatic rings. The molecule has 0 aromatic rings. The van der Waals surface area contributed by atoms with E-state index in [9.17, 15) is 0 Å². The van der Waals surface area contributed by atoms with Crippen LogP contribution in [0, 0.1) is 0 Å². The van der Waals surface area contributed by atoms with Crippen molar-refractivity contribution in [1.29, 1.82) is 0 Å². The Hall–Kier alpha value is 0.787. The van der Waals surface area contributed by atoms with Gasteiger partial charge in [0.15, 0.2) is 0 Å². The lowest BCUT2D eigenvalue weighted by molar-refractivity contribution is 0.500. The fraction of sp³-hybridized carbons (Fsp3) is 0. The van der Waals surface area contributed by atoms with Crippen molar-refractivity contribution in [2.75, 3.05) is 0 Å². The maximum absolute atomic E-state index is 8.06. The van der Waals surface area contributed by atoms with Gasteiger partial charge >= 0.3 is 0 Å². The van der Waals surface area contributed by atoms with Gasteiger partial charge in [-0.25, -0.2) is 0 Å². The van der Waals surface area contributed by atoms with Gasteiger partial charge in [0.1, 0.15) is 15.9 Å². The first-order valence-electron chi connectivity index (χ1n) is 1.03. The smallest absolute Gasteiger partial charge is 0.146 e. The Labute approximate surface area is 38.3 Å². The molecule has 0 spiro atoms. The zero-order valence-corrected chi connectivity index (χ0v) is 6.46. The number of hydrogen-bond acceptors (Lipinski definition) is 1. The zero-order chi connectivity index (χ0) is 4.50. The second-order valence-electron chi connectivity index (χ2n) is 0.835. The molecule has 0 amide bonds. The Bertz CT molecular complexity index is 55.8. The molecule has 0 fully saturated rings. The van der Waals surface area contributed by atoms with Crippen LogP contribution in [-0.4, -0.2) is 19.7 Å². The highest BCUT2D eigenvalue weighted by Gasteiger charge is 1.87. The van der Waals surface area contributed by atoms with Gasteiger partial charge in [-0.2, -0.15) is 0 Å². The molecule has 5 heavy (non-hydrogen) atoms. The van der Waals surface area contributed by atoms with E-state index in [1.807, 2.05) is 0 Å². The molecule has 0 aliphatic heterocycles. The van der Waals surface area contributed by atoms with Crippen LogP contribution in [0.3, 0.4) is 0 Å². The molecule has 0 bridgehead atoms. The molecule has 0 rings (SSSR count). The minimum Gasteiger partial charge on any atom is -0.350 e. The Morgan fingerprint density at radius 3 is 1.60 bits per heavy atom. The lowest BCUT2D eigenvalue weighted by atomic mass is 15.9. The van der Waals surface area contributed by atoms with Crippen LogP contribution in [0.2, 0.25) is 0 Å². The minimum atomic E-state index is -2.67. The molecule has 32 valence electrons. The van der Waals surface area contributed by atoms with E-state index in [1.54, 1.807) is 0 Å². The minimum absolute atomic E-state index is 0.345. The maximum Gasteiger partial charge on any atom is 0.146 e. The molecule has 0 atom stereocenters. The summed E-state index contributed by atoms with van der Waals surface area (Å²) in [5, 5.41) is 0. The van der Waals surface area contributed by atoms with E-state index in [4.69, 9.17) is 9.79 Å². The van der Waals surface area contributed by atoms with Crippen LogP contribution in [0.25, 0.3) is 0 Å². The predicted octanol–water partition coefficient (Wildman–Crippen LogP) is -1.44. The van der Waals surface area contributed by atoms with E-state index in [-0.39, 0.29) is 0 Å². The van der Waals surface area contributed by atoms with Crippen molar-refractivity contribution in [2.24, 2.45) is 0 Å². The molecule has 0 aromatic heterocycles. The monoisotopic (exact) mass is 128 g/mol. The molecular weight excluding hydrogens is 123 g/mol. The lowest BCUT2D eigenvalue weighted by Gasteiger charge is -1.90. The Morgan fingerprint density at radius 2 is 1.60 bits per heavy atom. The summed E-state index contributed by atoms with van der Waals surface area (Å²) in [6.07, 6.45) is 0. The van der Waals surface area contributed by atoms with Gasteiger partial charge in [-0.1, -0.05) is 0 Å². The Balaban J connectivity index is 3.47. The molecule has 0 radical (unpaired) electrons. The zero-order valence-electron chi connectivity index (χ0n) is 2.75. The highest BCUT2D eigenvalue weighted by Crippen LogP contribution is 2.25. The van der Waals surface area contributed by atoms with Crippen molar-refractivity contribution >= 4 is 27.8 Å². The van der Waals surface area contributed by atoms with Crippen LogP contribution in [0.1, 0.15) is 0 Å². The summed E-state index contributed by atoms with van der Waals surface area (Å²) >= 11 is 4.11. The first-order valence-corrected chi connectivity index (χ1v) is 6.87. The first kappa shape index (κ1) is 5.79. The fourth-order valence-corrected chi connectivity index (χ4v) is 0. The van der Waals surface area contributed by atoms with Crippen molar-refractivity contribution in [1.82, 2.24) is 0 Å². The average Bonchev–Trinajstić information content (AvgIpc) is 0.722. The van der Waals surface area contributed by atoms with Gasteiger partial charge < -0.3 is 9.79 Å². The second-order valence-corrected chi connectivity index (χ2v) is 10.3. The summed E-state index contributed by atoms with van der Waals surface area (Å²) in [7, 11) is 0.345. The van der Waals surface area contributed by atoms with Crippen molar-refractivity contribution in [2.45, 2.75) is 0 Å². The topological polar surface area (TPSA) is 40.5 Å². The van der Waals surface area contributed by atoms with E-state index < -0.39 is 6.04 Å². The van der Waals surface area contributed by atoms with Gasteiger partial charge in [0.25, 0.3) is 0 Å². The van der Waals surface area contributed by atoms with E-state index in [1.165, 1.54) is 0 Å². The quantitative estimate of drug-likeness (QED) is 0.310. The number of rotatable bonds is 0. The summed E-state index contributed by atoms with van der Waals surface area (Å²) in [4.78, 5) is 16.1. The molecule has 0 heterocycles. The third-order valence-corrected chi connectivity index (χ3v) is 0. The second kappa shape index (κ2) is 1.49. The van der Waals surface area contributed by atoms with Crippen LogP contribution in [-0.2, 0) is 11.8 Å². The summed E-state index contributed by atoms with van der Waals surface area (Å²) < 4.78 is 0. The molecule has 0 unspecified atom stereocenters. The molecule has 0 aliphatic carbocycles. The molecule has 5 heteroatoms. The summed E-state index contributed by atoms with van der Waals surface area (Å²) in [6, 6.07) is -2.67. The third-order valence-electron chi connectivity index (χ3n) is 0. The van der Waals surface area contributed by atoms with Gasteiger partial charge in [-0.05, 0) is 11.8 Å². The van der Waals surface area contributed by atoms with Crippen molar-refractivity contribution in [3.8, 4) is 0 Å². The molecule has 0 saturated heterocycles. The van der Waals surface area contributed by atoms with Crippen molar-refractivity contribution < 1.29 is 9.79 Å². The first-order chi connectivity index (χ1) is 2.00. The third kappa shape index (κ3) is 60.0. The SMILES string of the molecule is OP(O)([SiH3])=S. The molecular formula is H5O2PSSi. The van der Waals surface area contributed by atoms with Crippen LogP contribution in [0.4, 0.5) is 0 Å². The molecule has 2 nitrogen and oxygen atoms in total. The van der Waals surface area contributed by atoms with E-state index in [0.717, 1.165) is 0 Å². The van der Waals surface area contributed by atoms with Gasteiger partial charge in [0.05, 0.1) is 0 Å². The lowest BCUT2D eigenvalue weighted by Crippen LogP contribution is -1.67. The number of hydrogen-bond donors (Lipinski definition) is 2. The van der Waals surface area contributed by atoms with Crippen molar-refractivity contribution in [3.63, 3.8) is 0 Å². The van der Waals surface area contributed by atoms with Gasteiger partial charge in [0.2, 0.25) is 0 Å². The van der Waals surface area contributed by atoms with Gasteiger partial charge in [-0.15, -0.1) is 0 Å². The summed E-state index contributed by atoms with van der Waals surface area (Å²) in [5.41, 5.74) is 0. The summed E-state index contributed by atoms with van der Waals surface area (Å²) in [6.45, 7) is 0. The molecule has 0 saturated carbocycles. The highest BCUT2D eigenvalue weighted by molar-refractivity contribution is 8.20. The highest BCUT2D eigenvalue weighted by atomic mass is 32.5. The predicted molar refractivity (Wildman–Crippen MR) is 28.7 cm³/mol. The Kier molecular flexibility index (Phi) is 1.72. The average molecular weight is 128 g/mol. The van der Waals surface area contributed by atoms with E-state index in [0.29, 0.717) is 9.91 Å². The van der Waals surface area contributed by atoms with Crippen LogP contribution < -0.4 is 0 Å². The van der Waals surface area contributed by atoms with Gasteiger partial charge in [0, 0.05) is 0 Å². The molecule has 2 N–H and O–H groups in total. The molecule has 0 aromatic carbocycles. The van der Waals surface area contributed by atoms with E-state index in [2.05, 4.69) is 11.8 Å². The van der Waals surface area contributed by atoms with Gasteiger partial charge in [-0.3, -0.25) is 0 Å². The van der Waals surface area contributed by atoms with Crippen molar-refractivity contribution in [3.05, 3.63) is 0 Å². The van der Waals surface area contributed by atoms with Crippen LogP contribution >= 0.6 is 6.04 Å². The summed E-state index contributed by atoms with van der Waals surface area (Å²) in [5.74, 6) is 0. The maximum atomic E-state index is 8.06. The van der Waals surface area contributed by atoms with E-state index >= 15 is 0 Å².